The van der Waals surface area contributed by atoms with Crippen molar-refractivity contribution in [1.29, 1.82) is 0 Å². The summed E-state index contributed by atoms with van der Waals surface area (Å²) in [5.41, 5.74) is 1.99. The van der Waals surface area contributed by atoms with Crippen LogP contribution in [0.5, 0.6) is 0 Å². The standard InChI is InChI=1S/C18H16F2N4OS/c1-11-4-3-5-12(8-11)17-22-23-18(24(17)2)26-10-16(25)21-15-7-6-13(19)9-14(15)20/h3-9H,10H2,1-2H3,(H,21,25). The van der Waals surface area contributed by atoms with Crippen LogP contribution in [0.15, 0.2) is 47.6 Å². The number of hydrogen-bond donors (Lipinski definition) is 1. The maximum absolute atomic E-state index is 13.6. The van der Waals surface area contributed by atoms with Gasteiger partial charge in [-0.05, 0) is 25.1 Å². The van der Waals surface area contributed by atoms with E-state index >= 15 is 0 Å². The van der Waals surface area contributed by atoms with E-state index < -0.39 is 17.5 Å². The molecule has 5 nitrogen and oxygen atoms in total. The van der Waals surface area contributed by atoms with Crippen molar-refractivity contribution in [3.8, 4) is 11.4 Å². The van der Waals surface area contributed by atoms with Crippen LogP contribution in [0.3, 0.4) is 0 Å². The second kappa shape index (κ2) is 7.65. The number of carbonyl (C=O) groups is 1. The van der Waals surface area contributed by atoms with E-state index in [9.17, 15) is 13.6 Å². The highest BCUT2D eigenvalue weighted by atomic mass is 32.2. The van der Waals surface area contributed by atoms with Gasteiger partial charge >= 0.3 is 0 Å². The number of aryl methyl sites for hydroxylation is 1. The fourth-order valence-electron chi connectivity index (χ4n) is 2.38. The van der Waals surface area contributed by atoms with Gasteiger partial charge in [0.05, 0.1) is 11.4 Å². The molecule has 2 aromatic carbocycles. The second-order valence-corrected chi connectivity index (χ2v) is 6.64. The van der Waals surface area contributed by atoms with Crippen LogP contribution >= 0.6 is 11.8 Å². The highest BCUT2D eigenvalue weighted by Crippen LogP contribution is 2.23. The van der Waals surface area contributed by atoms with Crippen LogP contribution < -0.4 is 5.32 Å². The number of amides is 1. The zero-order chi connectivity index (χ0) is 18.7. The lowest BCUT2D eigenvalue weighted by molar-refractivity contribution is -0.113. The second-order valence-electron chi connectivity index (χ2n) is 5.70. The third-order valence-corrected chi connectivity index (χ3v) is 4.67. The third-order valence-electron chi connectivity index (χ3n) is 3.65. The Kier molecular flexibility index (Phi) is 5.32. The van der Waals surface area contributed by atoms with Crippen LogP contribution in [0.25, 0.3) is 11.4 Å². The average molecular weight is 374 g/mol. The Labute approximate surface area is 153 Å². The molecule has 1 heterocycles. The number of aromatic nitrogens is 3. The van der Waals surface area contributed by atoms with Gasteiger partial charge in [-0.1, -0.05) is 35.5 Å². The maximum Gasteiger partial charge on any atom is 0.234 e. The highest BCUT2D eigenvalue weighted by molar-refractivity contribution is 7.99. The quantitative estimate of drug-likeness (QED) is 0.690. The van der Waals surface area contributed by atoms with Crippen molar-refractivity contribution in [1.82, 2.24) is 14.8 Å². The maximum atomic E-state index is 13.6. The molecule has 0 saturated heterocycles. The number of halogens is 2. The summed E-state index contributed by atoms with van der Waals surface area (Å²) in [6.45, 7) is 1.99. The normalized spacial score (nSPS) is 10.8. The lowest BCUT2D eigenvalue weighted by atomic mass is 10.1. The molecule has 0 radical (unpaired) electrons. The first-order valence-electron chi connectivity index (χ1n) is 7.78. The molecule has 0 spiro atoms. The van der Waals surface area contributed by atoms with Crippen LogP contribution in [-0.4, -0.2) is 26.4 Å². The fourth-order valence-corrected chi connectivity index (χ4v) is 3.09. The van der Waals surface area contributed by atoms with Crippen molar-refractivity contribution < 1.29 is 13.6 Å². The zero-order valence-electron chi connectivity index (χ0n) is 14.2. The van der Waals surface area contributed by atoms with Gasteiger partial charge in [0.25, 0.3) is 0 Å². The van der Waals surface area contributed by atoms with Gasteiger partial charge in [0.1, 0.15) is 11.6 Å². The Morgan fingerprint density at radius 3 is 2.73 bits per heavy atom. The summed E-state index contributed by atoms with van der Waals surface area (Å²) in [5, 5.41) is 11.3. The lowest BCUT2D eigenvalue weighted by Crippen LogP contribution is -2.15. The van der Waals surface area contributed by atoms with E-state index in [4.69, 9.17) is 0 Å². The number of hydrogen-bond acceptors (Lipinski definition) is 4. The van der Waals surface area contributed by atoms with Crippen LogP contribution in [-0.2, 0) is 11.8 Å². The van der Waals surface area contributed by atoms with Gasteiger partial charge in [-0.15, -0.1) is 10.2 Å². The summed E-state index contributed by atoms with van der Waals surface area (Å²) in [5.74, 6) is -1.21. The molecule has 3 rings (SSSR count). The van der Waals surface area contributed by atoms with E-state index in [1.807, 2.05) is 38.2 Å². The molecule has 0 saturated carbocycles. The Morgan fingerprint density at radius 1 is 1.19 bits per heavy atom. The average Bonchev–Trinajstić information content (AvgIpc) is 2.96. The van der Waals surface area contributed by atoms with Crippen molar-refractivity contribution in [3.05, 3.63) is 59.7 Å². The number of rotatable bonds is 5. The van der Waals surface area contributed by atoms with Crippen molar-refractivity contribution in [2.24, 2.45) is 7.05 Å². The van der Waals surface area contributed by atoms with Crippen molar-refractivity contribution in [2.75, 3.05) is 11.1 Å². The van der Waals surface area contributed by atoms with Crippen molar-refractivity contribution in [2.45, 2.75) is 12.1 Å². The molecule has 134 valence electrons. The largest absolute Gasteiger partial charge is 0.323 e. The van der Waals surface area contributed by atoms with E-state index in [-0.39, 0.29) is 11.4 Å². The summed E-state index contributed by atoms with van der Waals surface area (Å²) >= 11 is 1.18. The number of nitrogens with one attached hydrogen (secondary N) is 1. The van der Waals surface area contributed by atoms with Crippen LogP contribution in [0.1, 0.15) is 5.56 Å². The van der Waals surface area contributed by atoms with E-state index in [2.05, 4.69) is 15.5 Å². The molecular formula is C18H16F2N4OS. The number of anilines is 1. The molecule has 0 aliphatic rings. The minimum absolute atomic E-state index is 0.0244. The molecule has 0 aliphatic heterocycles. The molecular weight excluding hydrogens is 358 g/mol. The van der Waals surface area contributed by atoms with E-state index in [0.29, 0.717) is 11.0 Å². The van der Waals surface area contributed by atoms with E-state index in [1.54, 1.807) is 4.57 Å². The van der Waals surface area contributed by atoms with E-state index in [0.717, 1.165) is 23.3 Å². The lowest BCUT2D eigenvalue weighted by Gasteiger charge is -2.07. The molecule has 0 aliphatic carbocycles. The van der Waals surface area contributed by atoms with Gasteiger partial charge < -0.3 is 9.88 Å². The molecule has 8 heteroatoms. The van der Waals surface area contributed by atoms with Crippen LogP contribution in [0, 0.1) is 18.6 Å². The molecule has 1 aromatic heterocycles. The summed E-state index contributed by atoms with van der Waals surface area (Å²) in [4.78, 5) is 12.0. The molecule has 0 bridgehead atoms. The van der Waals surface area contributed by atoms with Gasteiger partial charge in [0.2, 0.25) is 5.91 Å². The van der Waals surface area contributed by atoms with Crippen LogP contribution in [0.4, 0.5) is 14.5 Å². The van der Waals surface area contributed by atoms with Crippen molar-refractivity contribution >= 4 is 23.4 Å². The number of carbonyl (C=O) groups excluding carboxylic acids is 1. The first-order chi connectivity index (χ1) is 12.4. The highest BCUT2D eigenvalue weighted by Gasteiger charge is 2.14. The Balaban J connectivity index is 1.66. The fraction of sp³-hybridized carbons (Fsp3) is 0.167. The smallest absolute Gasteiger partial charge is 0.234 e. The summed E-state index contributed by atoms with van der Waals surface area (Å²) in [7, 11) is 1.82. The van der Waals surface area contributed by atoms with Gasteiger partial charge in [0, 0.05) is 18.7 Å². The molecule has 3 aromatic rings. The van der Waals surface area contributed by atoms with Crippen LogP contribution in [0.2, 0.25) is 0 Å². The van der Waals surface area contributed by atoms with Crippen molar-refractivity contribution in [3.63, 3.8) is 0 Å². The number of benzene rings is 2. The number of nitrogens with zero attached hydrogens (tertiary/aromatic N) is 3. The first-order valence-corrected chi connectivity index (χ1v) is 8.77. The Hall–Kier alpha value is -2.74. The predicted octanol–water partition coefficient (Wildman–Crippen LogP) is 3.80. The molecule has 0 fully saturated rings. The minimum Gasteiger partial charge on any atom is -0.323 e. The van der Waals surface area contributed by atoms with E-state index in [1.165, 1.54) is 17.8 Å². The predicted molar refractivity (Wildman–Crippen MR) is 96.9 cm³/mol. The molecule has 1 N–H and O–H groups in total. The SMILES string of the molecule is Cc1cccc(-c2nnc(SCC(=O)Nc3ccc(F)cc3F)n2C)c1. The topological polar surface area (TPSA) is 59.8 Å². The molecule has 1 amide bonds. The summed E-state index contributed by atoms with van der Waals surface area (Å²) < 4.78 is 28.3. The first kappa shape index (κ1) is 18.1. The van der Waals surface area contributed by atoms with Gasteiger partial charge in [-0.25, -0.2) is 8.78 Å². The zero-order valence-corrected chi connectivity index (χ0v) is 15.0. The van der Waals surface area contributed by atoms with Gasteiger partial charge in [-0.3, -0.25) is 4.79 Å². The molecule has 26 heavy (non-hydrogen) atoms. The number of thioether (sulfide) groups is 1. The van der Waals surface area contributed by atoms with Gasteiger partial charge in [-0.2, -0.15) is 0 Å². The monoisotopic (exact) mass is 374 g/mol. The minimum atomic E-state index is -0.816. The molecule has 0 atom stereocenters. The van der Waals surface area contributed by atoms with Gasteiger partial charge in [0.15, 0.2) is 11.0 Å². The Morgan fingerprint density at radius 2 is 2.00 bits per heavy atom. The molecule has 0 unspecified atom stereocenters. The summed E-state index contributed by atoms with van der Waals surface area (Å²) in [6.07, 6.45) is 0. The Bertz CT molecular complexity index is 958. The summed E-state index contributed by atoms with van der Waals surface area (Å²) in [6, 6.07) is 10.9. The third kappa shape index (κ3) is 4.08.